The Labute approximate surface area is 158 Å². The van der Waals surface area contributed by atoms with E-state index in [0.717, 1.165) is 5.69 Å². The van der Waals surface area contributed by atoms with Crippen LogP contribution in [0.5, 0.6) is 0 Å². The number of carbonyl (C=O) groups is 1. The minimum absolute atomic E-state index is 0.275. The van der Waals surface area contributed by atoms with Crippen molar-refractivity contribution in [1.29, 1.82) is 0 Å². The summed E-state index contributed by atoms with van der Waals surface area (Å²) in [6.45, 7) is 8.11. The van der Waals surface area contributed by atoms with E-state index in [1.807, 2.05) is 20.8 Å². The zero-order chi connectivity index (χ0) is 17.9. The summed E-state index contributed by atoms with van der Waals surface area (Å²) in [5.41, 5.74) is 0.953. The number of halogens is 3. The maximum Gasteiger partial charge on any atom is 0.410 e. The largest absolute Gasteiger partial charge is 0.444 e. The van der Waals surface area contributed by atoms with Crippen LogP contribution in [-0.4, -0.2) is 42.8 Å². The van der Waals surface area contributed by atoms with Crippen LogP contribution in [0.2, 0.25) is 0 Å². The molecule has 7 heteroatoms. The number of hydrogen-bond donors (Lipinski definition) is 0. The summed E-state index contributed by atoms with van der Waals surface area (Å²) < 4.78 is 19.9. The number of carbonyl (C=O) groups excluding carboxylic acids is 1. The van der Waals surface area contributed by atoms with Gasteiger partial charge in [0.05, 0.1) is 3.39 Å². The van der Waals surface area contributed by atoms with Gasteiger partial charge in [-0.1, -0.05) is 0 Å². The summed E-state index contributed by atoms with van der Waals surface area (Å²) in [4.78, 5) is 15.9. The van der Waals surface area contributed by atoms with Crippen LogP contribution in [0.15, 0.2) is 21.6 Å². The molecule has 0 spiro atoms. The first kappa shape index (κ1) is 19.2. The molecule has 0 unspecified atom stereocenters. The van der Waals surface area contributed by atoms with Gasteiger partial charge in [-0.2, -0.15) is 0 Å². The topological polar surface area (TPSA) is 32.8 Å². The van der Waals surface area contributed by atoms with E-state index < -0.39 is 5.60 Å². The van der Waals surface area contributed by atoms with E-state index in [9.17, 15) is 9.18 Å². The van der Waals surface area contributed by atoms with Crippen molar-refractivity contribution in [2.75, 3.05) is 31.1 Å². The number of amides is 1. The van der Waals surface area contributed by atoms with Crippen LogP contribution in [0, 0.1) is 5.82 Å². The van der Waals surface area contributed by atoms with Crippen LogP contribution in [0.3, 0.4) is 0 Å². The Morgan fingerprint density at radius 1 is 1.21 bits per heavy atom. The lowest BCUT2D eigenvalue weighted by molar-refractivity contribution is 0.0240. The van der Waals surface area contributed by atoms with Gasteiger partial charge in [0.2, 0.25) is 0 Å². The number of ether oxygens (including phenoxy) is 1. The van der Waals surface area contributed by atoms with Crippen LogP contribution in [0.4, 0.5) is 14.9 Å². The molecule has 0 atom stereocenters. The molecule has 1 heterocycles. The molecule has 1 amide bonds. The van der Waals surface area contributed by atoms with Gasteiger partial charge in [0, 0.05) is 37.4 Å². The molecule has 0 bridgehead atoms. The summed E-state index contributed by atoms with van der Waals surface area (Å²) >= 11 is 6.51. The van der Waals surface area contributed by atoms with E-state index in [1.165, 1.54) is 6.07 Å². The van der Waals surface area contributed by atoms with Crippen molar-refractivity contribution in [2.24, 2.45) is 0 Å². The van der Waals surface area contributed by atoms with Crippen LogP contribution >= 0.6 is 31.9 Å². The van der Waals surface area contributed by atoms with Crippen molar-refractivity contribution >= 4 is 49.7 Å². The second kappa shape index (κ2) is 7.87. The third-order valence-corrected chi connectivity index (χ3v) is 4.00. The van der Waals surface area contributed by atoms with Crippen molar-refractivity contribution in [1.82, 2.24) is 4.90 Å². The van der Waals surface area contributed by atoms with E-state index in [4.69, 9.17) is 4.74 Å². The molecule has 0 saturated carbocycles. The molecular weight excluding hydrogens is 443 g/mol. The Balaban J connectivity index is 2.02. The number of nitrogens with zero attached hydrogens (tertiary/aromatic N) is 2. The van der Waals surface area contributed by atoms with Crippen molar-refractivity contribution in [3.8, 4) is 0 Å². The Kier molecular flexibility index (Phi) is 6.31. The predicted molar refractivity (Wildman–Crippen MR) is 102 cm³/mol. The van der Waals surface area contributed by atoms with E-state index >= 15 is 0 Å². The first-order valence-corrected chi connectivity index (χ1v) is 9.29. The zero-order valence-corrected chi connectivity index (χ0v) is 17.2. The number of benzene rings is 1. The molecule has 1 saturated heterocycles. The fourth-order valence-corrected chi connectivity index (χ4v) is 2.92. The maximum atomic E-state index is 13.8. The molecule has 1 aliphatic heterocycles. The summed E-state index contributed by atoms with van der Waals surface area (Å²) in [5.74, 6) is -0.275. The lowest BCUT2D eigenvalue weighted by atomic mass is 10.1. The molecule has 4 nitrogen and oxygen atoms in total. The zero-order valence-electron chi connectivity index (χ0n) is 14.0. The Morgan fingerprint density at radius 3 is 2.38 bits per heavy atom. The fourth-order valence-electron chi connectivity index (χ4n) is 2.43. The molecule has 1 fully saturated rings. The molecule has 132 valence electrons. The van der Waals surface area contributed by atoms with Gasteiger partial charge >= 0.3 is 6.09 Å². The van der Waals surface area contributed by atoms with Crippen LogP contribution in [0.25, 0.3) is 6.08 Å². The first-order valence-electron chi connectivity index (χ1n) is 7.71. The predicted octanol–water partition coefficient (Wildman–Crippen LogP) is 4.97. The average molecular weight is 464 g/mol. The average Bonchev–Trinajstić information content (AvgIpc) is 2.47. The van der Waals surface area contributed by atoms with Gasteiger partial charge in [-0.25, -0.2) is 9.18 Å². The van der Waals surface area contributed by atoms with Gasteiger partial charge in [-0.3, -0.25) is 0 Å². The SMILES string of the molecule is CC(C)(C)OC(=O)N1CCN(c2ccc(F)c(C=C(Br)Br)c2)CC1. The smallest absolute Gasteiger partial charge is 0.410 e. The van der Waals surface area contributed by atoms with Gasteiger partial charge in [0.15, 0.2) is 0 Å². The molecule has 0 aromatic heterocycles. The van der Waals surface area contributed by atoms with Gasteiger partial charge in [0.1, 0.15) is 11.4 Å². The quantitative estimate of drug-likeness (QED) is 0.620. The highest BCUT2D eigenvalue weighted by Crippen LogP contribution is 2.25. The first-order chi connectivity index (χ1) is 11.2. The highest BCUT2D eigenvalue weighted by molar-refractivity contribution is 9.28. The minimum Gasteiger partial charge on any atom is -0.444 e. The molecule has 2 rings (SSSR count). The molecule has 0 aliphatic carbocycles. The van der Waals surface area contributed by atoms with E-state index in [0.29, 0.717) is 35.1 Å². The van der Waals surface area contributed by atoms with Crippen molar-refractivity contribution in [3.63, 3.8) is 0 Å². The second-order valence-corrected chi connectivity index (χ2v) is 9.37. The third kappa shape index (κ3) is 5.48. The Morgan fingerprint density at radius 2 is 1.83 bits per heavy atom. The highest BCUT2D eigenvalue weighted by Gasteiger charge is 2.26. The van der Waals surface area contributed by atoms with Crippen molar-refractivity contribution in [2.45, 2.75) is 26.4 Å². The lowest BCUT2D eigenvalue weighted by Crippen LogP contribution is -2.50. The van der Waals surface area contributed by atoms with Gasteiger partial charge in [-0.15, -0.1) is 0 Å². The van der Waals surface area contributed by atoms with E-state index in [1.54, 1.807) is 23.1 Å². The molecular formula is C17H21Br2FN2O2. The van der Waals surface area contributed by atoms with E-state index in [2.05, 4.69) is 36.8 Å². The standard InChI is InChI=1S/C17H21Br2FN2O2/c1-17(2,3)24-16(23)22-8-6-21(7-9-22)13-4-5-14(20)12(10-13)11-15(18)19/h4-5,10-11H,6-9H2,1-3H3. The molecule has 1 aliphatic rings. The summed E-state index contributed by atoms with van der Waals surface area (Å²) in [5, 5.41) is 0. The minimum atomic E-state index is -0.491. The van der Waals surface area contributed by atoms with Crippen LogP contribution in [-0.2, 0) is 4.74 Å². The molecule has 0 radical (unpaired) electrons. The number of anilines is 1. The fraction of sp³-hybridized carbons (Fsp3) is 0.471. The van der Waals surface area contributed by atoms with Crippen molar-refractivity contribution < 1.29 is 13.9 Å². The maximum absolute atomic E-state index is 13.8. The number of rotatable bonds is 2. The summed E-state index contributed by atoms with van der Waals surface area (Å²) in [6.07, 6.45) is 1.39. The monoisotopic (exact) mass is 462 g/mol. The summed E-state index contributed by atoms with van der Waals surface area (Å²) in [7, 11) is 0. The Hall–Kier alpha value is -1.08. The molecule has 1 aromatic carbocycles. The van der Waals surface area contributed by atoms with Gasteiger partial charge < -0.3 is 14.5 Å². The van der Waals surface area contributed by atoms with E-state index in [-0.39, 0.29) is 11.9 Å². The van der Waals surface area contributed by atoms with Crippen LogP contribution in [0.1, 0.15) is 26.3 Å². The summed E-state index contributed by atoms with van der Waals surface area (Å²) in [6, 6.07) is 5.03. The van der Waals surface area contributed by atoms with Gasteiger partial charge in [0.25, 0.3) is 0 Å². The highest BCUT2D eigenvalue weighted by atomic mass is 79.9. The number of hydrogen-bond acceptors (Lipinski definition) is 3. The lowest BCUT2D eigenvalue weighted by Gasteiger charge is -2.36. The molecule has 1 aromatic rings. The number of piperazine rings is 1. The normalized spacial score (nSPS) is 15.2. The third-order valence-electron chi connectivity index (χ3n) is 3.54. The molecule has 24 heavy (non-hydrogen) atoms. The van der Waals surface area contributed by atoms with Gasteiger partial charge in [-0.05, 0) is 76.9 Å². The molecule has 0 N–H and O–H groups in total. The second-order valence-electron chi connectivity index (χ2n) is 6.59. The van der Waals surface area contributed by atoms with Crippen molar-refractivity contribution in [3.05, 3.63) is 33.0 Å². The Bertz CT molecular complexity index is 632. The van der Waals surface area contributed by atoms with Crippen LogP contribution < -0.4 is 4.90 Å².